The number of carbonyl (C=O) groups is 1. The van der Waals surface area contributed by atoms with Crippen LogP contribution in [-0.2, 0) is 6.54 Å². The summed E-state index contributed by atoms with van der Waals surface area (Å²) in [5, 5.41) is 6.68. The molecule has 0 aliphatic carbocycles. The van der Waals surface area contributed by atoms with Gasteiger partial charge < -0.3 is 15.6 Å². The fraction of sp³-hybridized carbons (Fsp3) is 0.182. The van der Waals surface area contributed by atoms with E-state index in [9.17, 15) is 4.79 Å². The summed E-state index contributed by atoms with van der Waals surface area (Å²) in [6.07, 6.45) is 0. The molecule has 0 aliphatic heterocycles. The number of rotatable bonds is 3. The predicted octanol–water partition coefficient (Wildman–Crippen LogP) is 1.54. The van der Waals surface area contributed by atoms with Gasteiger partial charge in [0.1, 0.15) is 0 Å². The molecule has 18 heavy (non-hydrogen) atoms. The molecule has 2 aromatic rings. The number of carbonyl (C=O) groups excluding carboxylic acids is 1. The van der Waals surface area contributed by atoms with Crippen LogP contribution >= 0.6 is 11.6 Å². The molecule has 0 unspecified atom stereocenters. The van der Waals surface area contributed by atoms with Crippen molar-refractivity contribution in [3.63, 3.8) is 0 Å². The molecule has 1 aromatic carbocycles. The summed E-state index contributed by atoms with van der Waals surface area (Å²) < 4.78 is 4.87. The summed E-state index contributed by atoms with van der Waals surface area (Å²) >= 11 is 5.77. The molecule has 0 radical (unpaired) electrons. The minimum absolute atomic E-state index is 0.169. The fourth-order valence-corrected chi connectivity index (χ4v) is 1.47. The van der Waals surface area contributed by atoms with Crippen LogP contribution in [0.2, 0.25) is 5.02 Å². The van der Waals surface area contributed by atoms with Crippen LogP contribution < -0.4 is 11.1 Å². The number of nitrogen functional groups attached to an aromatic ring is 1. The Morgan fingerprint density at radius 3 is 2.94 bits per heavy atom. The van der Waals surface area contributed by atoms with E-state index in [4.69, 9.17) is 21.9 Å². The maximum atomic E-state index is 11.8. The minimum atomic E-state index is -0.283. The Kier molecular flexibility index (Phi) is 3.47. The molecule has 1 heterocycles. The van der Waals surface area contributed by atoms with Crippen molar-refractivity contribution in [2.75, 3.05) is 5.73 Å². The molecule has 1 aromatic heterocycles. The van der Waals surface area contributed by atoms with E-state index in [0.29, 0.717) is 28.0 Å². The Bertz CT molecular complexity index is 582. The lowest BCUT2D eigenvalue weighted by atomic mass is 10.2. The first-order valence-electron chi connectivity index (χ1n) is 5.18. The third-order valence-electron chi connectivity index (χ3n) is 2.23. The molecule has 0 saturated heterocycles. The Labute approximate surface area is 108 Å². The Hall–Kier alpha value is -2.08. The molecule has 6 nitrogen and oxygen atoms in total. The van der Waals surface area contributed by atoms with Crippen LogP contribution in [-0.4, -0.2) is 16.0 Å². The number of nitrogens with one attached hydrogen (secondary N) is 1. The van der Waals surface area contributed by atoms with Crippen molar-refractivity contribution < 1.29 is 9.32 Å². The average Bonchev–Trinajstić information content (AvgIpc) is 2.75. The van der Waals surface area contributed by atoms with Gasteiger partial charge in [0.2, 0.25) is 5.89 Å². The molecule has 1 amide bonds. The number of hydrogen-bond donors (Lipinski definition) is 2. The van der Waals surface area contributed by atoms with Crippen molar-refractivity contribution in [3.05, 3.63) is 40.5 Å². The molecule has 3 N–H and O–H groups in total. The predicted molar refractivity (Wildman–Crippen MR) is 66.1 cm³/mol. The highest BCUT2D eigenvalue weighted by Gasteiger charge is 2.09. The molecule has 2 rings (SSSR count). The van der Waals surface area contributed by atoms with E-state index in [2.05, 4.69) is 15.5 Å². The van der Waals surface area contributed by atoms with Crippen LogP contribution in [0, 0.1) is 6.92 Å². The monoisotopic (exact) mass is 266 g/mol. The lowest BCUT2D eigenvalue weighted by molar-refractivity contribution is 0.0946. The van der Waals surface area contributed by atoms with Gasteiger partial charge in [-0.15, -0.1) is 0 Å². The molecular weight excluding hydrogens is 256 g/mol. The van der Waals surface area contributed by atoms with Crippen molar-refractivity contribution in [1.29, 1.82) is 0 Å². The summed E-state index contributed by atoms with van der Waals surface area (Å²) in [7, 11) is 0. The second-order valence-electron chi connectivity index (χ2n) is 3.65. The number of aryl methyl sites for hydroxylation is 1. The third kappa shape index (κ3) is 2.78. The number of amides is 1. The first kappa shape index (κ1) is 12.4. The number of nitrogens with two attached hydrogens (primary N) is 1. The van der Waals surface area contributed by atoms with E-state index in [0.717, 1.165) is 0 Å². The van der Waals surface area contributed by atoms with Gasteiger partial charge >= 0.3 is 0 Å². The van der Waals surface area contributed by atoms with Crippen LogP contribution in [0.25, 0.3) is 0 Å². The first-order chi connectivity index (χ1) is 8.56. The molecule has 0 spiro atoms. The molecule has 0 fully saturated rings. The number of benzene rings is 1. The van der Waals surface area contributed by atoms with Gasteiger partial charge in [0, 0.05) is 5.56 Å². The van der Waals surface area contributed by atoms with Gasteiger partial charge in [0.05, 0.1) is 17.3 Å². The summed E-state index contributed by atoms with van der Waals surface area (Å²) in [5.41, 5.74) is 6.40. The van der Waals surface area contributed by atoms with Crippen molar-refractivity contribution in [3.8, 4) is 0 Å². The highest BCUT2D eigenvalue weighted by molar-refractivity contribution is 6.33. The van der Waals surface area contributed by atoms with Crippen LogP contribution in [0.3, 0.4) is 0 Å². The zero-order chi connectivity index (χ0) is 13.1. The number of hydrogen-bond acceptors (Lipinski definition) is 5. The van der Waals surface area contributed by atoms with Gasteiger partial charge in [0.25, 0.3) is 5.91 Å². The van der Waals surface area contributed by atoms with Crippen molar-refractivity contribution in [2.24, 2.45) is 0 Å². The van der Waals surface area contributed by atoms with E-state index in [-0.39, 0.29) is 12.5 Å². The van der Waals surface area contributed by atoms with Crippen LogP contribution in [0.5, 0.6) is 0 Å². The van der Waals surface area contributed by atoms with Gasteiger partial charge in [-0.25, -0.2) is 0 Å². The molecule has 0 atom stereocenters. The van der Waals surface area contributed by atoms with Crippen LogP contribution in [0.4, 0.5) is 5.69 Å². The maximum Gasteiger partial charge on any atom is 0.251 e. The summed E-state index contributed by atoms with van der Waals surface area (Å²) in [6, 6.07) is 4.67. The number of aromatic nitrogens is 2. The second kappa shape index (κ2) is 5.05. The molecule has 0 bridgehead atoms. The van der Waals surface area contributed by atoms with Crippen LogP contribution in [0.1, 0.15) is 22.1 Å². The topological polar surface area (TPSA) is 94.0 Å². The smallest absolute Gasteiger partial charge is 0.251 e. The fourth-order valence-electron chi connectivity index (χ4n) is 1.35. The van der Waals surface area contributed by atoms with Gasteiger partial charge in [-0.1, -0.05) is 16.8 Å². The highest BCUT2D eigenvalue weighted by Crippen LogP contribution is 2.19. The van der Waals surface area contributed by atoms with Crippen molar-refractivity contribution in [2.45, 2.75) is 13.5 Å². The molecule has 0 saturated carbocycles. The van der Waals surface area contributed by atoms with E-state index < -0.39 is 0 Å². The zero-order valence-corrected chi connectivity index (χ0v) is 10.4. The molecule has 7 heteroatoms. The normalized spacial score (nSPS) is 10.3. The lowest BCUT2D eigenvalue weighted by Gasteiger charge is -2.04. The van der Waals surface area contributed by atoms with E-state index in [1.165, 1.54) is 6.07 Å². The molecule has 94 valence electrons. The van der Waals surface area contributed by atoms with Gasteiger partial charge in [-0.2, -0.15) is 4.98 Å². The zero-order valence-electron chi connectivity index (χ0n) is 9.61. The second-order valence-corrected chi connectivity index (χ2v) is 4.06. The van der Waals surface area contributed by atoms with E-state index in [1.807, 2.05) is 0 Å². The number of halogens is 1. The van der Waals surface area contributed by atoms with Gasteiger partial charge in [0.15, 0.2) is 5.82 Å². The molecule has 0 aliphatic rings. The van der Waals surface area contributed by atoms with Gasteiger partial charge in [-0.05, 0) is 25.1 Å². The van der Waals surface area contributed by atoms with Crippen LogP contribution in [0.15, 0.2) is 22.7 Å². The summed E-state index contributed by atoms with van der Waals surface area (Å²) in [6.45, 7) is 1.87. The van der Waals surface area contributed by atoms with E-state index >= 15 is 0 Å². The largest absolute Gasteiger partial charge is 0.398 e. The number of anilines is 1. The van der Waals surface area contributed by atoms with Crippen molar-refractivity contribution in [1.82, 2.24) is 15.5 Å². The summed E-state index contributed by atoms with van der Waals surface area (Å²) in [5.74, 6) is 0.590. The summed E-state index contributed by atoms with van der Waals surface area (Å²) in [4.78, 5) is 15.8. The Morgan fingerprint density at radius 2 is 2.33 bits per heavy atom. The van der Waals surface area contributed by atoms with Crippen molar-refractivity contribution >= 4 is 23.2 Å². The van der Waals surface area contributed by atoms with E-state index in [1.54, 1.807) is 19.1 Å². The first-order valence-corrected chi connectivity index (χ1v) is 5.56. The Morgan fingerprint density at radius 1 is 1.56 bits per heavy atom. The third-order valence-corrected chi connectivity index (χ3v) is 2.57. The molecular formula is C11H11ClN4O2. The highest BCUT2D eigenvalue weighted by atomic mass is 35.5. The Balaban J connectivity index is 2.01. The SMILES string of the molecule is Cc1noc(CNC(=O)c2ccc(Cl)c(N)c2)n1. The number of nitrogens with zero attached hydrogens (tertiary/aromatic N) is 2. The van der Waals surface area contributed by atoms with Gasteiger partial charge in [-0.3, -0.25) is 4.79 Å². The quantitative estimate of drug-likeness (QED) is 0.822. The minimum Gasteiger partial charge on any atom is -0.398 e. The average molecular weight is 267 g/mol. The maximum absolute atomic E-state index is 11.8. The lowest BCUT2D eigenvalue weighted by Crippen LogP contribution is -2.23. The standard InChI is InChI=1S/C11H11ClN4O2/c1-6-15-10(18-16-6)5-14-11(17)7-2-3-8(12)9(13)4-7/h2-4H,5,13H2,1H3,(H,14,17).